The number of hydrogen-bond acceptors (Lipinski definition) is 3. The van der Waals surface area contributed by atoms with Crippen LogP contribution < -0.4 is 5.32 Å². The van der Waals surface area contributed by atoms with E-state index in [9.17, 15) is 18.4 Å². The van der Waals surface area contributed by atoms with E-state index in [0.29, 0.717) is 28.7 Å². The van der Waals surface area contributed by atoms with Crippen LogP contribution in [0, 0.1) is 11.6 Å². The van der Waals surface area contributed by atoms with Gasteiger partial charge in [0, 0.05) is 12.0 Å². The average molecular weight is 379 g/mol. The van der Waals surface area contributed by atoms with Crippen molar-refractivity contribution in [3.63, 3.8) is 0 Å². The number of halogens is 2. The van der Waals surface area contributed by atoms with Crippen LogP contribution in [0.2, 0.25) is 0 Å². The lowest BCUT2D eigenvalue weighted by Crippen LogP contribution is -2.23. The number of anilines is 1. The summed E-state index contributed by atoms with van der Waals surface area (Å²) in [5.41, 5.74) is 2.07. The van der Waals surface area contributed by atoms with Crippen LogP contribution in [0.15, 0.2) is 66.7 Å². The number of cyclic esters (lactones) is 1. The number of carbonyl (C=O) groups excluding carboxylic acids is 2. The van der Waals surface area contributed by atoms with Gasteiger partial charge in [0.2, 0.25) is 0 Å². The number of esters is 1. The zero-order chi connectivity index (χ0) is 19.7. The Morgan fingerprint density at radius 2 is 1.75 bits per heavy atom. The molecule has 0 unspecified atom stereocenters. The summed E-state index contributed by atoms with van der Waals surface area (Å²) in [5, 5.41) is 2.52. The summed E-state index contributed by atoms with van der Waals surface area (Å²) in [5.74, 6) is -1.89. The van der Waals surface area contributed by atoms with Gasteiger partial charge in [0.15, 0.2) is 0 Å². The van der Waals surface area contributed by atoms with Crippen molar-refractivity contribution in [2.24, 2.45) is 0 Å². The minimum atomic E-state index is -0.564. The molecule has 0 bridgehead atoms. The van der Waals surface area contributed by atoms with Crippen LogP contribution in [0.4, 0.5) is 14.5 Å². The Morgan fingerprint density at radius 3 is 2.50 bits per heavy atom. The molecule has 28 heavy (non-hydrogen) atoms. The van der Waals surface area contributed by atoms with Crippen molar-refractivity contribution in [1.29, 1.82) is 0 Å². The summed E-state index contributed by atoms with van der Waals surface area (Å²) in [4.78, 5) is 24.8. The molecule has 140 valence electrons. The third kappa shape index (κ3) is 3.49. The van der Waals surface area contributed by atoms with Crippen LogP contribution in [0.1, 0.15) is 37.9 Å². The highest BCUT2D eigenvalue weighted by atomic mass is 19.1. The lowest BCUT2D eigenvalue weighted by molar-refractivity contribution is 0.0252. The van der Waals surface area contributed by atoms with E-state index in [0.717, 1.165) is 0 Å². The van der Waals surface area contributed by atoms with E-state index in [1.54, 1.807) is 24.3 Å². The monoisotopic (exact) mass is 379 g/mol. The molecule has 4 nitrogen and oxygen atoms in total. The summed E-state index contributed by atoms with van der Waals surface area (Å²) >= 11 is 0. The molecule has 1 aliphatic rings. The fraction of sp³-hybridized carbons (Fsp3) is 0.0909. The number of ether oxygens (including phenoxy) is 1. The lowest BCUT2D eigenvalue weighted by Gasteiger charge is -2.25. The smallest absolute Gasteiger partial charge is 0.339 e. The Bertz CT molecular complexity index is 1060. The fourth-order valence-corrected chi connectivity index (χ4v) is 3.16. The van der Waals surface area contributed by atoms with Gasteiger partial charge in [-0.1, -0.05) is 24.3 Å². The lowest BCUT2D eigenvalue weighted by atomic mass is 9.93. The first kappa shape index (κ1) is 17.9. The minimum Gasteiger partial charge on any atom is -0.454 e. The molecule has 0 saturated heterocycles. The number of rotatable bonds is 3. The Kier molecular flexibility index (Phi) is 4.61. The zero-order valence-corrected chi connectivity index (χ0v) is 14.6. The number of para-hydroxylation sites is 1. The molecule has 3 aromatic carbocycles. The van der Waals surface area contributed by atoms with Crippen molar-refractivity contribution in [3.05, 3.63) is 101 Å². The maximum atomic E-state index is 13.8. The third-order valence-corrected chi connectivity index (χ3v) is 4.61. The van der Waals surface area contributed by atoms with Crippen LogP contribution in [0.3, 0.4) is 0 Å². The van der Waals surface area contributed by atoms with Gasteiger partial charge in [-0.25, -0.2) is 13.6 Å². The molecular weight excluding hydrogens is 364 g/mol. The van der Waals surface area contributed by atoms with Crippen molar-refractivity contribution in [1.82, 2.24) is 0 Å². The van der Waals surface area contributed by atoms with Gasteiger partial charge in [0.25, 0.3) is 5.91 Å². The van der Waals surface area contributed by atoms with E-state index in [-0.39, 0.29) is 11.5 Å². The van der Waals surface area contributed by atoms with Crippen LogP contribution in [0.5, 0.6) is 0 Å². The molecule has 6 heteroatoms. The van der Waals surface area contributed by atoms with Gasteiger partial charge in [0.1, 0.15) is 17.7 Å². The van der Waals surface area contributed by atoms with Crippen LogP contribution in [0.25, 0.3) is 0 Å². The van der Waals surface area contributed by atoms with E-state index in [2.05, 4.69) is 5.32 Å². The number of fused-ring (bicyclic) bond motifs is 1. The molecule has 1 N–H and O–H groups in total. The van der Waals surface area contributed by atoms with Crippen LogP contribution >= 0.6 is 0 Å². The molecule has 0 fully saturated rings. The van der Waals surface area contributed by atoms with E-state index < -0.39 is 23.8 Å². The zero-order valence-electron chi connectivity index (χ0n) is 14.6. The van der Waals surface area contributed by atoms with Crippen LogP contribution in [-0.4, -0.2) is 11.9 Å². The highest BCUT2D eigenvalue weighted by Gasteiger charge is 2.28. The predicted octanol–water partition coefficient (Wildman–Crippen LogP) is 4.67. The first-order chi connectivity index (χ1) is 13.5. The van der Waals surface area contributed by atoms with E-state index in [4.69, 9.17) is 4.74 Å². The largest absolute Gasteiger partial charge is 0.454 e. The maximum Gasteiger partial charge on any atom is 0.339 e. The first-order valence-electron chi connectivity index (χ1n) is 8.66. The van der Waals surface area contributed by atoms with E-state index in [1.165, 1.54) is 42.5 Å². The predicted molar refractivity (Wildman–Crippen MR) is 99.1 cm³/mol. The second kappa shape index (κ2) is 7.23. The summed E-state index contributed by atoms with van der Waals surface area (Å²) in [6.45, 7) is 0. The third-order valence-electron chi connectivity index (χ3n) is 4.61. The van der Waals surface area contributed by atoms with Gasteiger partial charge in [0.05, 0.1) is 11.3 Å². The topological polar surface area (TPSA) is 55.4 Å². The van der Waals surface area contributed by atoms with Gasteiger partial charge in [-0.05, 0) is 53.6 Å². The molecule has 4 rings (SSSR count). The van der Waals surface area contributed by atoms with E-state index in [1.807, 2.05) is 0 Å². The van der Waals surface area contributed by atoms with Crippen molar-refractivity contribution in [2.75, 3.05) is 5.32 Å². The van der Waals surface area contributed by atoms with Crippen LogP contribution in [-0.2, 0) is 11.2 Å². The number of hydrogen-bond donors (Lipinski definition) is 1. The molecule has 1 heterocycles. The van der Waals surface area contributed by atoms with Gasteiger partial charge in [-0.2, -0.15) is 0 Å². The summed E-state index contributed by atoms with van der Waals surface area (Å²) in [7, 11) is 0. The Labute approximate surface area is 159 Å². The second-order valence-electron chi connectivity index (χ2n) is 6.46. The van der Waals surface area contributed by atoms with Crippen molar-refractivity contribution < 1.29 is 23.1 Å². The molecule has 1 atom stereocenters. The number of nitrogens with one attached hydrogen (secondary N) is 1. The van der Waals surface area contributed by atoms with Gasteiger partial charge in [-0.15, -0.1) is 0 Å². The molecule has 0 saturated carbocycles. The standard InChI is InChI=1S/C22H15F2NO3/c23-16-8-5-13(6-9-16)20-12-15-11-14(7-10-17(15)22(27)28-20)21(26)25-19-4-2-1-3-18(19)24/h1-11,20H,12H2,(H,25,26)/t20-/m1/s1. The molecule has 0 spiro atoms. The van der Waals surface area contributed by atoms with E-state index >= 15 is 0 Å². The van der Waals surface area contributed by atoms with Gasteiger partial charge < -0.3 is 10.1 Å². The molecule has 0 aromatic heterocycles. The summed E-state index contributed by atoms with van der Waals surface area (Å²) in [6, 6.07) is 16.2. The normalized spacial score (nSPS) is 15.5. The number of amides is 1. The Hall–Kier alpha value is -3.54. The SMILES string of the molecule is O=C(Nc1ccccc1F)c1ccc2c(c1)C[C@H](c1ccc(F)cc1)OC2=O. The van der Waals surface area contributed by atoms with Gasteiger partial charge in [-0.3, -0.25) is 4.79 Å². The Balaban J connectivity index is 1.60. The molecule has 0 aliphatic carbocycles. The highest BCUT2D eigenvalue weighted by Crippen LogP contribution is 2.31. The molecule has 1 aliphatic heterocycles. The average Bonchev–Trinajstić information content (AvgIpc) is 2.69. The van der Waals surface area contributed by atoms with Crippen molar-refractivity contribution >= 4 is 17.6 Å². The molecule has 3 aromatic rings. The minimum absolute atomic E-state index is 0.0776. The Morgan fingerprint density at radius 1 is 1.00 bits per heavy atom. The summed E-state index contributed by atoms with van der Waals surface area (Å²) < 4.78 is 32.3. The fourth-order valence-electron chi connectivity index (χ4n) is 3.16. The maximum absolute atomic E-state index is 13.8. The van der Waals surface area contributed by atoms with Crippen molar-refractivity contribution in [3.8, 4) is 0 Å². The van der Waals surface area contributed by atoms with Crippen molar-refractivity contribution in [2.45, 2.75) is 12.5 Å². The molecular formula is C22H15F2NO3. The first-order valence-corrected chi connectivity index (χ1v) is 8.66. The van der Waals surface area contributed by atoms with Gasteiger partial charge >= 0.3 is 5.97 Å². The highest BCUT2D eigenvalue weighted by molar-refractivity contribution is 6.05. The number of carbonyl (C=O) groups is 2. The second-order valence-corrected chi connectivity index (χ2v) is 6.46. The quantitative estimate of drug-likeness (QED) is 0.673. The molecule has 1 amide bonds. The molecule has 0 radical (unpaired) electrons. The summed E-state index contributed by atoms with van der Waals surface area (Å²) in [6.07, 6.45) is -0.210. The number of benzene rings is 3.